The fourth-order valence-electron chi connectivity index (χ4n) is 6.86. The van der Waals surface area contributed by atoms with Crippen LogP contribution in [0.1, 0.15) is 54.4 Å². The molecule has 1 aliphatic rings. The maximum absolute atomic E-state index is 2.71. The Labute approximate surface area is 257 Å². The Morgan fingerprint density at radius 3 is 0.667 bits per heavy atom. The van der Waals surface area contributed by atoms with E-state index in [4.69, 9.17) is 0 Å². The third-order valence-electron chi connectivity index (χ3n) is 9.42. The summed E-state index contributed by atoms with van der Waals surface area (Å²) in [5.74, 6) is 0. The van der Waals surface area contributed by atoms with E-state index in [1.165, 1.54) is 36.3 Å². The molecule has 214 valence electrons. The van der Waals surface area contributed by atoms with Gasteiger partial charge in [-0.15, -0.1) is 0 Å². The van der Waals surface area contributed by atoms with Crippen molar-refractivity contribution in [2.24, 2.45) is 0 Å². The number of hydrogen-bond acceptors (Lipinski definition) is 0. The maximum Gasteiger partial charge on any atom is 0 e. The molecule has 1 saturated heterocycles. The Morgan fingerprint density at radius 1 is 0.444 bits per heavy atom. The standard InChI is InChI=1S/C16H40GeSi4.2C6H15Si.Ge/c1-18(2,3)15(19(4,5)6)13-14-16(17-15,20(7,8)9)21(10,11)12;2*1-4-7(5-2)6-3;/h13-14H2,1-12H3;2*4-6H2,1-3H3;. The Balaban J connectivity index is -0.000000599. The molecule has 0 N–H and O–H groups in total. The second-order valence-electron chi connectivity index (χ2n) is 15.1. The molecule has 0 nitrogen and oxygen atoms in total. The molecule has 0 atom stereocenters. The van der Waals surface area contributed by atoms with Crippen molar-refractivity contribution in [3.63, 3.8) is 0 Å². The molecule has 0 aromatic rings. The van der Waals surface area contributed by atoms with Crippen molar-refractivity contribution in [2.45, 2.75) is 176 Å². The summed E-state index contributed by atoms with van der Waals surface area (Å²) in [6.07, 6.45) is 3.24. The van der Waals surface area contributed by atoms with Crippen LogP contribution in [-0.4, -0.2) is 82.9 Å². The second-order valence-corrected chi connectivity index (χ2v) is 53.0. The van der Waals surface area contributed by atoms with Crippen LogP contribution >= 0.6 is 0 Å². The summed E-state index contributed by atoms with van der Waals surface area (Å²) in [4.78, 5) is 0. The number of rotatable bonds is 10. The van der Waals surface area contributed by atoms with E-state index >= 15 is 0 Å². The summed E-state index contributed by atoms with van der Waals surface area (Å²) < 4.78 is 1.78. The Bertz CT molecular complexity index is 474. The zero-order valence-corrected chi connectivity index (χ0v) is 38.9. The van der Waals surface area contributed by atoms with E-state index in [9.17, 15) is 0 Å². The van der Waals surface area contributed by atoms with Gasteiger partial charge in [-0.2, -0.15) is 0 Å². The predicted octanol–water partition coefficient (Wildman–Crippen LogP) is 11.0. The number of hydrogen-bond donors (Lipinski definition) is 0. The van der Waals surface area contributed by atoms with Crippen LogP contribution in [0.25, 0.3) is 0 Å². The largest absolute Gasteiger partial charge is 0 e. The summed E-state index contributed by atoms with van der Waals surface area (Å²) in [6.45, 7) is 46.3. The van der Waals surface area contributed by atoms with E-state index in [0.29, 0.717) is 0 Å². The molecule has 0 bridgehead atoms. The molecular formula is C28H70Ge2Si6. The molecule has 1 rings (SSSR count). The zero-order valence-electron chi connectivity index (χ0n) is 28.7. The molecule has 8 heteroatoms. The van der Waals surface area contributed by atoms with Crippen molar-refractivity contribution in [3.8, 4) is 0 Å². The van der Waals surface area contributed by atoms with Gasteiger partial charge in [-0.1, -0.05) is 77.8 Å². The van der Waals surface area contributed by atoms with Gasteiger partial charge in [0.05, 0.1) is 0 Å². The molecule has 0 spiro atoms. The summed E-state index contributed by atoms with van der Waals surface area (Å²) in [5, 5.41) is 0. The van der Waals surface area contributed by atoms with Gasteiger partial charge in [-0.25, -0.2) is 0 Å². The third-order valence-corrected chi connectivity index (χ3v) is 60.0. The van der Waals surface area contributed by atoms with E-state index in [1.807, 2.05) is 0 Å². The van der Waals surface area contributed by atoms with Gasteiger partial charge in [-0.05, 0) is 0 Å². The molecule has 1 aliphatic heterocycles. The minimum Gasteiger partial charge on any atom is 0 e. The maximum atomic E-state index is 2.71. The van der Waals surface area contributed by atoms with Crippen molar-refractivity contribution in [1.82, 2.24) is 0 Å². The van der Waals surface area contributed by atoms with Gasteiger partial charge in [0, 0.05) is 35.2 Å². The fourth-order valence-corrected chi connectivity index (χ4v) is 51.9. The molecule has 8 radical (unpaired) electrons. The van der Waals surface area contributed by atoms with Gasteiger partial charge < -0.3 is 0 Å². The summed E-state index contributed by atoms with van der Waals surface area (Å²) in [6, 6.07) is 8.74. The second kappa shape index (κ2) is 17.4. The average molecular weight is 721 g/mol. The zero-order chi connectivity index (χ0) is 28.5. The molecule has 1 heterocycles. The fraction of sp³-hybridized carbons (Fsp3) is 1.00. The van der Waals surface area contributed by atoms with Crippen LogP contribution in [0.2, 0.25) is 122 Å². The monoisotopic (exact) mass is 722 g/mol. The van der Waals surface area contributed by atoms with Crippen LogP contribution in [0.5, 0.6) is 0 Å². The third kappa shape index (κ3) is 11.3. The minimum atomic E-state index is -1.09. The smallest absolute Gasteiger partial charge is 0 e. The molecule has 0 aliphatic carbocycles. The molecule has 0 amide bonds. The normalized spacial score (nSPS) is 17.7. The molecule has 36 heavy (non-hydrogen) atoms. The molecule has 0 unspecified atom stereocenters. The van der Waals surface area contributed by atoms with Gasteiger partial charge >= 0.3 is 146 Å². The first-order valence-corrected chi connectivity index (χ1v) is 35.4. The van der Waals surface area contributed by atoms with Crippen LogP contribution < -0.4 is 0 Å². The van der Waals surface area contributed by atoms with Crippen molar-refractivity contribution in [2.75, 3.05) is 0 Å². The van der Waals surface area contributed by atoms with Crippen molar-refractivity contribution >= 4 is 82.9 Å². The van der Waals surface area contributed by atoms with Crippen LogP contribution in [0.4, 0.5) is 0 Å². The van der Waals surface area contributed by atoms with Gasteiger partial charge in [-0.3, -0.25) is 0 Å². The molecule has 0 aromatic carbocycles. The first-order chi connectivity index (χ1) is 15.6. The average Bonchev–Trinajstić information content (AvgIpc) is 3.16. The van der Waals surface area contributed by atoms with Crippen LogP contribution in [-0.2, 0) is 0 Å². The van der Waals surface area contributed by atoms with Crippen LogP contribution in [0.3, 0.4) is 0 Å². The van der Waals surface area contributed by atoms with Gasteiger partial charge in [0.2, 0.25) is 0 Å². The van der Waals surface area contributed by atoms with Crippen LogP contribution in [0, 0.1) is 0 Å². The molecule has 0 saturated carbocycles. The van der Waals surface area contributed by atoms with Gasteiger partial charge in [0.25, 0.3) is 0 Å². The van der Waals surface area contributed by atoms with E-state index < -0.39 is 32.3 Å². The van der Waals surface area contributed by atoms with Crippen LogP contribution in [0.15, 0.2) is 0 Å². The minimum absolute atomic E-state index is 0. The van der Waals surface area contributed by atoms with E-state index in [2.05, 4.69) is 120 Å². The Hall–Kier alpha value is 2.39. The van der Waals surface area contributed by atoms with Gasteiger partial charge in [0.1, 0.15) is 0 Å². The van der Waals surface area contributed by atoms with E-state index in [1.54, 1.807) is 12.8 Å². The molecule has 1 fully saturated rings. The van der Waals surface area contributed by atoms with E-state index in [-0.39, 0.29) is 50.6 Å². The SMILES string of the molecule is CC[Si](CC)CC.CC[Si](CC)CC.C[Si](C)(C)[C]1([Si](C)(C)C)CC[C]([Si](C)(C)C)([Si](C)(C)C)[Ge]1.[Ge]. The van der Waals surface area contributed by atoms with Crippen molar-refractivity contribution < 1.29 is 0 Å². The quantitative estimate of drug-likeness (QED) is 0.197. The molecular weight excluding hydrogens is 650 g/mol. The van der Waals surface area contributed by atoms with Gasteiger partial charge in [0.15, 0.2) is 0 Å². The predicted molar refractivity (Wildman–Crippen MR) is 194 cm³/mol. The first-order valence-electron chi connectivity index (χ1n) is 15.1. The topological polar surface area (TPSA) is 0 Å². The Kier molecular flexibility index (Phi) is 20.7. The summed E-state index contributed by atoms with van der Waals surface area (Å²) >= 11 is 0.150. The molecule has 0 aromatic heterocycles. The Morgan fingerprint density at radius 2 is 0.611 bits per heavy atom. The van der Waals surface area contributed by atoms with Crippen molar-refractivity contribution in [1.29, 1.82) is 0 Å². The first kappa shape index (κ1) is 42.8. The van der Waals surface area contributed by atoms with E-state index in [0.717, 1.165) is 6.99 Å². The summed E-state index contributed by atoms with van der Waals surface area (Å²) in [7, 11) is -4.10. The van der Waals surface area contributed by atoms with Crippen molar-refractivity contribution in [3.05, 3.63) is 0 Å². The summed E-state index contributed by atoms with van der Waals surface area (Å²) in [5.41, 5.74) is 0.